The predicted octanol–water partition coefficient (Wildman–Crippen LogP) is 5.01. The Hall–Kier alpha value is -1.84. The van der Waals surface area contributed by atoms with Crippen LogP contribution in [-0.4, -0.2) is 46.3 Å². The summed E-state index contributed by atoms with van der Waals surface area (Å²) in [6.07, 6.45) is -0.240. The van der Waals surface area contributed by atoms with E-state index in [0.29, 0.717) is 28.0 Å². The van der Waals surface area contributed by atoms with Crippen LogP contribution < -0.4 is 4.90 Å². The van der Waals surface area contributed by atoms with Crippen molar-refractivity contribution in [2.45, 2.75) is 43.7 Å². The number of hydrogen-bond donors (Lipinski definition) is 0. The summed E-state index contributed by atoms with van der Waals surface area (Å²) < 4.78 is 5.61. The number of ether oxygens (including phenoxy) is 1. The Kier molecular flexibility index (Phi) is 6.16. The molecule has 0 radical (unpaired) electrons. The number of anilines is 1. The van der Waals surface area contributed by atoms with Crippen molar-refractivity contribution in [3.8, 4) is 0 Å². The van der Waals surface area contributed by atoms with Gasteiger partial charge in [0, 0.05) is 35.3 Å². The second kappa shape index (κ2) is 8.26. The standard InChI is InChI=1S/C18H21ClN4O3S2/c1-18(2,3)14-20-21-15(28-14)23-13(9-10-22(4)16(23)24)26-17(25)27-12-7-5-11(19)6-8-12/h5-8,13H,9-10H2,1-4H3. The molecule has 150 valence electrons. The van der Waals surface area contributed by atoms with Gasteiger partial charge in [-0.2, -0.15) is 0 Å². The van der Waals surface area contributed by atoms with Crippen LogP contribution in [0.4, 0.5) is 14.7 Å². The quantitative estimate of drug-likeness (QED) is 0.493. The first-order valence-electron chi connectivity index (χ1n) is 8.67. The van der Waals surface area contributed by atoms with Crippen LogP contribution in [0.3, 0.4) is 0 Å². The molecule has 28 heavy (non-hydrogen) atoms. The summed E-state index contributed by atoms with van der Waals surface area (Å²) in [5, 5.41) is 9.72. The number of amides is 2. The summed E-state index contributed by atoms with van der Waals surface area (Å²) in [7, 11) is 1.71. The third kappa shape index (κ3) is 4.76. The highest BCUT2D eigenvalue weighted by molar-refractivity contribution is 8.13. The van der Waals surface area contributed by atoms with E-state index >= 15 is 0 Å². The molecule has 1 aromatic carbocycles. The van der Waals surface area contributed by atoms with Crippen molar-refractivity contribution in [3.05, 3.63) is 34.3 Å². The number of rotatable bonds is 3. The lowest BCUT2D eigenvalue weighted by Gasteiger charge is -2.37. The van der Waals surface area contributed by atoms with Crippen LogP contribution in [-0.2, 0) is 10.2 Å². The molecule has 10 heteroatoms. The Morgan fingerprint density at radius 2 is 1.96 bits per heavy atom. The second-order valence-corrected chi connectivity index (χ2v) is 9.78. The SMILES string of the molecule is CN1CCC(OC(=O)Sc2ccc(Cl)cc2)N(c2nnc(C(C)(C)C)s2)C1=O. The third-order valence-corrected chi connectivity index (χ3v) is 6.41. The number of carbonyl (C=O) groups is 2. The van der Waals surface area contributed by atoms with Crippen LogP contribution in [0.2, 0.25) is 5.02 Å². The molecule has 1 unspecified atom stereocenters. The number of urea groups is 1. The fourth-order valence-electron chi connectivity index (χ4n) is 2.50. The van der Waals surface area contributed by atoms with E-state index in [4.69, 9.17) is 16.3 Å². The van der Waals surface area contributed by atoms with Crippen LogP contribution in [0, 0.1) is 0 Å². The lowest BCUT2D eigenvalue weighted by molar-refractivity contribution is 0.0928. The summed E-state index contributed by atoms with van der Waals surface area (Å²) in [6, 6.07) is 6.63. The molecule has 2 heterocycles. The van der Waals surface area contributed by atoms with Crippen molar-refractivity contribution in [2.24, 2.45) is 0 Å². The van der Waals surface area contributed by atoms with E-state index in [1.807, 2.05) is 20.8 Å². The highest BCUT2D eigenvalue weighted by Crippen LogP contribution is 2.34. The Labute approximate surface area is 177 Å². The molecule has 0 saturated carbocycles. The Bertz CT molecular complexity index is 866. The Morgan fingerprint density at radius 3 is 2.57 bits per heavy atom. The van der Waals surface area contributed by atoms with E-state index in [1.54, 1.807) is 36.2 Å². The van der Waals surface area contributed by atoms with E-state index < -0.39 is 11.5 Å². The van der Waals surface area contributed by atoms with Gasteiger partial charge in [-0.3, -0.25) is 0 Å². The fraction of sp³-hybridized carbons (Fsp3) is 0.444. The van der Waals surface area contributed by atoms with Crippen molar-refractivity contribution in [1.82, 2.24) is 15.1 Å². The molecule has 0 aliphatic carbocycles. The number of hydrogen-bond acceptors (Lipinski definition) is 7. The third-order valence-electron chi connectivity index (χ3n) is 4.04. The molecule has 1 atom stereocenters. The van der Waals surface area contributed by atoms with E-state index in [9.17, 15) is 9.59 Å². The van der Waals surface area contributed by atoms with Gasteiger partial charge >= 0.3 is 11.3 Å². The number of benzene rings is 1. The lowest BCUT2D eigenvalue weighted by atomic mass is 9.98. The molecular formula is C18H21ClN4O3S2. The Morgan fingerprint density at radius 1 is 1.29 bits per heavy atom. The molecule has 0 spiro atoms. The molecule has 1 aliphatic heterocycles. The van der Waals surface area contributed by atoms with Crippen LogP contribution in [0.25, 0.3) is 0 Å². The van der Waals surface area contributed by atoms with Crippen molar-refractivity contribution >= 4 is 51.2 Å². The molecule has 1 aromatic heterocycles. The first kappa shape index (κ1) is 20.9. The van der Waals surface area contributed by atoms with Crippen molar-refractivity contribution in [3.63, 3.8) is 0 Å². The van der Waals surface area contributed by atoms with Gasteiger partial charge in [0.05, 0.1) is 0 Å². The lowest BCUT2D eigenvalue weighted by Crippen LogP contribution is -2.54. The highest BCUT2D eigenvalue weighted by Gasteiger charge is 2.38. The zero-order chi connectivity index (χ0) is 20.5. The largest absolute Gasteiger partial charge is 0.433 e. The molecule has 3 rings (SSSR count). The zero-order valence-electron chi connectivity index (χ0n) is 16.0. The second-order valence-electron chi connectivity index (χ2n) is 7.38. The van der Waals surface area contributed by atoms with Gasteiger partial charge in [-0.25, -0.2) is 14.5 Å². The maximum absolute atomic E-state index is 12.8. The maximum atomic E-state index is 12.8. The van der Waals surface area contributed by atoms with Gasteiger partial charge in [-0.15, -0.1) is 10.2 Å². The van der Waals surface area contributed by atoms with Gasteiger partial charge in [0.15, 0.2) is 6.23 Å². The predicted molar refractivity (Wildman–Crippen MR) is 111 cm³/mol. The van der Waals surface area contributed by atoms with Crippen LogP contribution in [0.1, 0.15) is 32.2 Å². The summed E-state index contributed by atoms with van der Waals surface area (Å²) in [4.78, 5) is 28.9. The smallest absolute Gasteiger partial charge is 0.374 e. The molecule has 1 saturated heterocycles. The summed E-state index contributed by atoms with van der Waals surface area (Å²) in [6.45, 7) is 6.58. The van der Waals surface area contributed by atoms with Crippen molar-refractivity contribution in [1.29, 1.82) is 0 Å². The summed E-state index contributed by atoms with van der Waals surface area (Å²) in [5.41, 5.74) is -0.183. The topological polar surface area (TPSA) is 75.6 Å². The molecule has 2 aromatic rings. The Balaban J connectivity index is 1.77. The molecular weight excluding hydrogens is 420 g/mol. The van der Waals surface area contributed by atoms with Crippen LogP contribution >= 0.6 is 34.7 Å². The van der Waals surface area contributed by atoms with Gasteiger partial charge in [0.1, 0.15) is 5.01 Å². The number of halogens is 1. The number of aromatic nitrogens is 2. The molecule has 1 aliphatic rings. The fourth-order valence-corrected chi connectivity index (χ4v) is 4.19. The first-order chi connectivity index (χ1) is 13.1. The number of carbonyl (C=O) groups excluding carboxylic acids is 2. The van der Waals surface area contributed by atoms with E-state index in [2.05, 4.69) is 10.2 Å². The van der Waals surface area contributed by atoms with Crippen LogP contribution in [0.5, 0.6) is 0 Å². The molecule has 1 fully saturated rings. The minimum Gasteiger partial charge on any atom is -0.433 e. The van der Waals surface area contributed by atoms with Gasteiger partial charge in [0.25, 0.3) is 0 Å². The monoisotopic (exact) mass is 440 g/mol. The number of thioether (sulfide) groups is 1. The maximum Gasteiger partial charge on any atom is 0.374 e. The molecule has 0 N–H and O–H groups in total. The van der Waals surface area contributed by atoms with Crippen molar-refractivity contribution in [2.75, 3.05) is 18.5 Å². The zero-order valence-corrected chi connectivity index (χ0v) is 18.4. The average molecular weight is 441 g/mol. The first-order valence-corrected chi connectivity index (χ1v) is 10.7. The normalized spacial score (nSPS) is 17.8. The minimum absolute atomic E-state index is 0.183. The molecule has 7 nitrogen and oxygen atoms in total. The summed E-state index contributed by atoms with van der Waals surface area (Å²) in [5.74, 6) is 0. The van der Waals surface area contributed by atoms with Crippen LogP contribution in [0.15, 0.2) is 29.2 Å². The molecule has 0 bridgehead atoms. The number of nitrogens with zero attached hydrogens (tertiary/aromatic N) is 4. The van der Waals surface area contributed by atoms with E-state index in [-0.39, 0.29) is 11.4 Å². The molecule has 2 amide bonds. The van der Waals surface area contributed by atoms with E-state index in [0.717, 1.165) is 16.8 Å². The average Bonchev–Trinajstić information content (AvgIpc) is 3.10. The summed E-state index contributed by atoms with van der Waals surface area (Å²) >= 11 is 8.15. The minimum atomic E-state index is -0.725. The van der Waals surface area contributed by atoms with E-state index in [1.165, 1.54) is 16.2 Å². The van der Waals surface area contributed by atoms with Gasteiger partial charge in [-0.1, -0.05) is 43.7 Å². The van der Waals surface area contributed by atoms with Crippen molar-refractivity contribution < 1.29 is 14.3 Å². The van der Waals surface area contributed by atoms with Gasteiger partial charge in [-0.05, 0) is 36.0 Å². The van der Waals surface area contributed by atoms with Gasteiger partial charge in [0.2, 0.25) is 5.13 Å². The highest BCUT2D eigenvalue weighted by atomic mass is 35.5. The van der Waals surface area contributed by atoms with Gasteiger partial charge < -0.3 is 9.64 Å².